The molecule has 0 saturated heterocycles. The molecule has 0 amide bonds. The van der Waals surface area contributed by atoms with Crippen LogP contribution >= 0.6 is 0 Å². The third-order valence-electron chi connectivity index (χ3n) is 2.03. The van der Waals surface area contributed by atoms with Crippen molar-refractivity contribution in [2.24, 2.45) is 0 Å². The van der Waals surface area contributed by atoms with Crippen molar-refractivity contribution in [3.05, 3.63) is 29.6 Å². The first kappa shape index (κ1) is 7.53. The lowest BCUT2D eigenvalue weighted by Gasteiger charge is -2.20. The molecule has 1 aromatic rings. The molecule has 1 atom stereocenters. The summed E-state index contributed by atoms with van der Waals surface area (Å²) in [4.78, 5) is 0. The maximum atomic E-state index is 12.8. The first-order valence-electron chi connectivity index (χ1n) is 3.92. The number of fused-ring (bicyclic) bond motifs is 1. The van der Waals surface area contributed by atoms with Gasteiger partial charge >= 0.3 is 0 Å². The number of anilines is 1. The summed E-state index contributed by atoms with van der Waals surface area (Å²) in [6, 6.07) is 4.39. The molecule has 0 spiro atoms. The molecule has 1 heterocycles. The van der Waals surface area contributed by atoms with Crippen molar-refractivity contribution >= 4 is 5.69 Å². The molecule has 0 fully saturated rings. The van der Waals surface area contributed by atoms with Crippen LogP contribution in [0.25, 0.3) is 0 Å². The Morgan fingerprint density at radius 3 is 3.08 bits per heavy atom. The smallest absolute Gasteiger partial charge is 0.125 e. The molecule has 1 N–H and O–H groups in total. The van der Waals surface area contributed by atoms with E-state index in [9.17, 15) is 8.78 Å². The van der Waals surface area contributed by atoms with E-state index in [2.05, 4.69) is 5.32 Å². The SMILES string of the molecule is Fc1ccc2c(c1)NCC(F)C2. The molecule has 0 aliphatic carbocycles. The van der Waals surface area contributed by atoms with Crippen LogP contribution in [0.1, 0.15) is 5.56 Å². The zero-order chi connectivity index (χ0) is 8.55. The van der Waals surface area contributed by atoms with Gasteiger partial charge in [-0.05, 0) is 17.7 Å². The van der Waals surface area contributed by atoms with Crippen molar-refractivity contribution in [2.45, 2.75) is 12.6 Å². The Morgan fingerprint density at radius 1 is 1.42 bits per heavy atom. The van der Waals surface area contributed by atoms with Crippen LogP contribution in [0.2, 0.25) is 0 Å². The van der Waals surface area contributed by atoms with Gasteiger partial charge in [-0.1, -0.05) is 6.07 Å². The van der Waals surface area contributed by atoms with Crippen molar-refractivity contribution in [3.8, 4) is 0 Å². The van der Waals surface area contributed by atoms with Gasteiger partial charge in [-0.2, -0.15) is 0 Å². The van der Waals surface area contributed by atoms with E-state index in [0.29, 0.717) is 6.42 Å². The summed E-state index contributed by atoms with van der Waals surface area (Å²) in [5, 5.41) is 2.84. The third-order valence-corrected chi connectivity index (χ3v) is 2.03. The van der Waals surface area contributed by atoms with Crippen LogP contribution in [0.15, 0.2) is 18.2 Å². The van der Waals surface area contributed by atoms with Gasteiger partial charge in [0.15, 0.2) is 0 Å². The molecule has 64 valence electrons. The molecule has 1 aliphatic heterocycles. The number of halogens is 2. The van der Waals surface area contributed by atoms with Crippen LogP contribution in [0.4, 0.5) is 14.5 Å². The van der Waals surface area contributed by atoms with Gasteiger partial charge in [-0.3, -0.25) is 0 Å². The van der Waals surface area contributed by atoms with Crippen LogP contribution in [0.5, 0.6) is 0 Å². The Bertz CT molecular complexity index is 299. The van der Waals surface area contributed by atoms with E-state index in [1.54, 1.807) is 6.07 Å². The lowest BCUT2D eigenvalue weighted by atomic mass is 10.0. The lowest BCUT2D eigenvalue weighted by Crippen LogP contribution is -2.24. The summed E-state index contributed by atoms with van der Waals surface area (Å²) < 4.78 is 25.5. The van der Waals surface area contributed by atoms with Crippen molar-refractivity contribution in [2.75, 3.05) is 11.9 Å². The van der Waals surface area contributed by atoms with Crippen LogP contribution in [-0.2, 0) is 6.42 Å². The number of hydrogen-bond acceptors (Lipinski definition) is 1. The largest absolute Gasteiger partial charge is 0.382 e. The number of hydrogen-bond donors (Lipinski definition) is 1. The molecule has 12 heavy (non-hydrogen) atoms. The molecule has 1 nitrogen and oxygen atoms in total. The Kier molecular flexibility index (Phi) is 1.71. The predicted octanol–water partition coefficient (Wildman–Crippen LogP) is 2.13. The van der Waals surface area contributed by atoms with Gasteiger partial charge in [0.25, 0.3) is 0 Å². The van der Waals surface area contributed by atoms with E-state index in [1.165, 1.54) is 12.1 Å². The Balaban J connectivity index is 2.37. The highest BCUT2D eigenvalue weighted by Gasteiger charge is 2.16. The first-order chi connectivity index (χ1) is 5.75. The predicted molar refractivity (Wildman–Crippen MR) is 43.5 cm³/mol. The van der Waals surface area contributed by atoms with E-state index >= 15 is 0 Å². The molecule has 0 saturated carbocycles. The Hall–Kier alpha value is -1.12. The van der Waals surface area contributed by atoms with Gasteiger partial charge in [0.2, 0.25) is 0 Å². The van der Waals surface area contributed by atoms with Gasteiger partial charge in [0.05, 0.1) is 0 Å². The van der Waals surface area contributed by atoms with Gasteiger partial charge < -0.3 is 5.32 Å². The topological polar surface area (TPSA) is 12.0 Å². The number of rotatable bonds is 0. The standard InChI is InChI=1S/C9H9F2N/c10-7-2-1-6-3-8(11)5-12-9(6)4-7/h1-2,4,8,12H,3,5H2. The highest BCUT2D eigenvalue weighted by molar-refractivity contribution is 5.53. The monoisotopic (exact) mass is 169 g/mol. The highest BCUT2D eigenvalue weighted by Crippen LogP contribution is 2.23. The van der Waals surface area contributed by atoms with Crippen LogP contribution in [0, 0.1) is 5.82 Å². The number of nitrogens with one attached hydrogen (secondary N) is 1. The maximum absolute atomic E-state index is 12.8. The molecule has 1 aliphatic rings. The molecule has 1 unspecified atom stereocenters. The maximum Gasteiger partial charge on any atom is 0.125 e. The van der Waals surface area contributed by atoms with Crippen LogP contribution < -0.4 is 5.32 Å². The zero-order valence-corrected chi connectivity index (χ0v) is 6.48. The summed E-state index contributed by atoms with van der Waals surface area (Å²) in [6.07, 6.45) is -0.453. The van der Waals surface area contributed by atoms with Crippen molar-refractivity contribution < 1.29 is 8.78 Å². The minimum Gasteiger partial charge on any atom is -0.382 e. The lowest BCUT2D eigenvalue weighted by molar-refractivity contribution is 0.341. The molecule has 0 bridgehead atoms. The minimum absolute atomic E-state index is 0.279. The fourth-order valence-electron chi connectivity index (χ4n) is 1.42. The second-order valence-electron chi connectivity index (χ2n) is 2.98. The van der Waals surface area contributed by atoms with Crippen molar-refractivity contribution in [1.82, 2.24) is 0 Å². The van der Waals surface area contributed by atoms with Gasteiger partial charge in [-0.25, -0.2) is 8.78 Å². The Morgan fingerprint density at radius 2 is 2.25 bits per heavy atom. The molecular weight excluding hydrogens is 160 g/mol. The second-order valence-corrected chi connectivity index (χ2v) is 2.98. The van der Waals surface area contributed by atoms with Crippen molar-refractivity contribution in [1.29, 1.82) is 0 Å². The van der Waals surface area contributed by atoms with Gasteiger partial charge in [0, 0.05) is 18.7 Å². The summed E-state index contributed by atoms with van der Waals surface area (Å²) >= 11 is 0. The normalized spacial score (nSPS) is 21.3. The molecule has 3 heteroatoms. The summed E-state index contributed by atoms with van der Waals surface area (Å²) in [7, 11) is 0. The van der Waals surface area contributed by atoms with Gasteiger partial charge in [-0.15, -0.1) is 0 Å². The molecule has 0 radical (unpaired) electrons. The Labute approximate surface area is 69.4 Å². The summed E-state index contributed by atoms with van der Waals surface area (Å²) in [5.74, 6) is -0.279. The number of alkyl halides is 1. The van der Waals surface area contributed by atoms with Gasteiger partial charge in [0.1, 0.15) is 12.0 Å². The molecule has 0 aromatic heterocycles. The zero-order valence-electron chi connectivity index (χ0n) is 6.48. The van der Waals surface area contributed by atoms with Crippen LogP contribution in [-0.4, -0.2) is 12.7 Å². The highest BCUT2D eigenvalue weighted by atomic mass is 19.1. The summed E-state index contributed by atoms with van der Waals surface area (Å²) in [5.41, 5.74) is 1.58. The fraction of sp³-hybridized carbons (Fsp3) is 0.333. The number of benzene rings is 1. The van der Waals surface area contributed by atoms with E-state index < -0.39 is 6.17 Å². The molecular formula is C9H9F2N. The first-order valence-corrected chi connectivity index (χ1v) is 3.92. The molecule has 1 aromatic carbocycles. The van der Waals surface area contributed by atoms with Crippen molar-refractivity contribution in [3.63, 3.8) is 0 Å². The fourth-order valence-corrected chi connectivity index (χ4v) is 1.42. The third kappa shape index (κ3) is 1.26. The second kappa shape index (κ2) is 2.73. The quantitative estimate of drug-likeness (QED) is 0.627. The van der Waals surface area contributed by atoms with E-state index in [4.69, 9.17) is 0 Å². The van der Waals surface area contributed by atoms with Crippen LogP contribution in [0.3, 0.4) is 0 Å². The molecule has 2 rings (SSSR count). The average Bonchev–Trinajstić information content (AvgIpc) is 2.05. The van der Waals surface area contributed by atoms with E-state index in [1.807, 2.05) is 0 Å². The van der Waals surface area contributed by atoms with E-state index in [0.717, 1.165) is 11.3 Å². The summed E-state index contributed by atoms with van der Waals surface area (Å²) in [6.45, 7) is 0.288. The van der Waals surface area contributed by atoms with E-state index in [-0.39, 0.29) is 12.4 Å². The average molecular weight is 169 g/mol. The minimum atomic E-state index is -0.844.